The molecule has 2 heterocycles. The highest BCUT2D eigenvalue weighted by Crippen LogP contribution is 2.21. The second-order valence-electron chi connectivity index (χ2n) is 6.82. The molecule has 0 saturated carbocycles. The molecular formula is C19H28N2O3. The van der Waals surface area contributed by atoms with E-state index in [-0.39, 0.29) is 5.91 Å². The van der Waals surface area contributed by atoms with E-state index in [4.69, 9.17) is 9.47 Å². The number of amides is 1. The van der Waals surface area contributed by atoms with Crippen LogP contribution in [0.1, 0.15) is 36.5 Å². The molecule has 2 aliphatic heterocycles. The van der Waals surface area contributed by atoms with Gasteiger partial charge in [0.15, 0.2) is 0 Å². The van der Waals surface area contributed by atoms with E-state index in [2.05, 4.69) is 11.8 Å². The molecule has 0 aromatic heterocycles. The Bertz CT molecular complexity index is 546. The highest BCUT2D eigenvalue weighted by atomic mass is 16.5. The van der Waals surface area contributed by atoms with E-state index in [1.807, 2.05) is 29.2 Å². The summed E-state index contributed by atoms with van der Waals surface area (Å²) in [5.74, 6) is 0.893. The zero-order valence-electron chi connectivity index (χ0n) is 14.7. The normalized spacial score (nSPS) is 25.5. The van der Waals surface area contributed by atoms with Crippen LogP contribution in [0.15, 0.2) is 24.3 Å². The van der Waals surface area contributed by atoms with Crippen LogP contribution in [-0.4, -0.2) is 67.7 Å². The largest absolute Gasteiger partial charge is 0.497 e. The third kappa shape index (κ3) is 4.28. The van der Waals surface area contributed by atoms with Crippen molar-refractivity contribution in [2.75, 3.05) is 39.8 Å². The molecule has 5 nitrogen and oxygen atoms in total. The predicted octanol–water partition coefficient (Wildman–Crippen LogP) is 2.41. The summed E-state index contributed by atoms with van der Waals surface area (Å²) in [6, 6.07) is 7.38. The minimum Gasteiger partial charge on any atom is -0.497 e. The number of methoxy groups -OCH3 is 1. The number of carbonyl (C=O) groups is 1. The van der Waals surface area contributed by atoms with E-state index < -0.39 is 0 Å². The van der Waals surface area contributed by atoms with Crippen LogP contribution in [0.25, 0.3) is 0 Å². The van der Waals surface area contributed by atoms with Crippen LogP contribution in [-0.2, 0) is 4.74 Å². The van der Waals surface area contributed by atoms with Gasteiger partial charge in [-0.2, -0.15) is 0 Å². The highest BCUT2D eigenvalue weighted by Gasteiger charge is 2.26. The van der Waals surface area contributed by atoms with Gasteiger partial charge in [-0.1, -0.05) is 0 Å². The summed E-state index contributed by atoms with van der Waals surface area (Å²) < 4.78 is 11.1. The lowest BCUT2D eigenvalue weighted by Gasteiger charge is -2.24. The first-order valence-electron chi connectivity index (χ1n) is 8.97. The van der Waals surface area contributed by atoms with Crippen molar-refractivity contribution in [1.82, 2.24) is 9.80 Å². The maximum Gasteiger partial charge on any atom is 0.253 e. The Balaban J connectivity index is 1.53. The van der Waals surface area contributed by atoms with Crippen molar-refractivity contribution >= 4 is 5.91 Å². The molecule has 2 atom stereocenters. The monoisotopic (exact) mass is 332 g/mol. The summed E-state index contributed by atoms with van der Waals surface area (Å²) in [4.78, 5) is 17.1. The van der Waals surface area contributed by atoms with Crippen molar-refractivity contribution in [3.63, 3.8) is 0 Å². The van der Waals surface area contributed by atoms with Gasteiger partial charge in [-0.15, -0.1) is 0 Å². The molecule has 1 amide bonds. The average Bonchev–Trinajstić information content (AvgIpc) is 2.87. The molecule has 5 heteroatoms. The van der Waals surface area contributed by atoms with Gasteiger partial charge in [0, 0.05) is 31.7 Å². The molecule has 2 saturated heterocycles. The van der Waals surface area contributed by atoms with Gasteiger partial charge in [0.1, 0.15) is 5.75 Å². The Kier molecular flexibility index (Phi) is 5.74. The van der Waals surface area contributed by atoms with Crippen molar-refractivity contribution in [3.05, 3.63) is 29.8 Å². The fraction of sp³-hybridized carbons (Fsp3) is 0.632. The second kappa shape index (κ2) is 7.99. The lowest BCUT2D eigenvalue weighted by Crippen LogP contribution is -2.37. The summed E-state index contributed by atoms with van der Waals surface area (Å²) in [6.45, 7) is 6.72. The lowest BCUT2D eigenvalue weighted by molar-refractivity contribution is 0.0322. The molecular weight excluding hydrogens is 304 g/mol. The van der Waals surface area contributed by atoms with Crippen molar-refractivity contribution in [3.8, 4) is 5.75 Å². The van der Waals surface area contributed by atoms with Crippen LogP contribution in [0, 0.1) is 0 Å². The number of hydrogen-bond acceptors (Lipinski definition) is 4. The topological polar surface area (TPSA) is 42.0 Å². The molecule has 0 spiro atoms. The molecule has 0 radical (unpaired) electrons. The van der Waals surface area contributed by atoms with E-state index in [0.29, 0.717) is 12.2 Å². The zero-order valence-corrected chi connectivity index (χ0v) is 14.7. The van der Waals surface area contributed by atoms with E-state index in [9.17, 15) is 4.79 Å². The fourth-order valence-corrected chi connectivity index (χ4v) is 3.58. The molecule has 0 N–H and O–H groups in total. The van der Waals surface area contributed by atoms with Crippen molar-refractivity contribution in [2.45, 2.75) is 38.4 Å². The van der Waals surface area contributed by atoms with Gasteiger partial charge in [0.2, 0.25) is 0 Å². The number of nitrogens with zero attached hydrogens (tertiary/aromatic N) is 2. The number of ether oxygens (including phenoxy) is 2. The van der Waals surface area contributed by atoms with Crippen LogP contribution < -0.4 is 4.74 Å². The van der Waals surface area contributed by atoms with Crippen LogP contribution in [0.4, 0.5) is 0 Å². The van der Waals surface area contributed by atoms with E-state index in [1.54, 1.807) is 7.11 Å². The maximum atomic E-state index is 12.7. The zero-order chi connectivity index (χ0) is 16.9. The van der Waals surface area contributed by atoms with Gasteiger partial charge in [-0.05, 0) is 57.0 Å². The van der Waals surface area contributed by atoms with Crippen LogP contribution >= 0.6 is 0 Å². The van der Waals surface area contributed by atoms with E-state index in [0.717, 1.165) is 56.9 Å². The molecule has 1 aromatic rings. The average molecular weight is 332 g/mol. The molecule has 24 heavy (non-hydrogen) atoms. The van der Waals surface area contributed by atoms with E-state index >= 15 is 0 Å². The molecule has 0 bridgehead atoms. The minimum atomic E-state index is 0.116. The number of carbonyl (C=O) groups excluding carboxylic acids is 1. The van der Waals surface area contributed by atoms with Gasteiger partial charge < -0.3 is 14.4 Å². The Morgan fingerprint density at radius 1 is 1.17 bits per heavy atom. The molecule has 0 aliphatic carbocycles. The van der Waals surface area contributed by atoms with Crippen molar-refractivity contribution in [2.24, 2.45) is 0 Å². The second-order valence-corrected chi connectivity index (χ2v) is 6.82. The lowest BCUT2D eigenvalue weighted by atomic mass is 10.2. The van der Waals surface area contributed by atoms with Crippen LogP contribution in [0.2, 0.25) is 0 Å². The van der Waals surface area contributed by atoms with Crippen LogP contribution in [0.5, 0.6) is 5.75 Å². The quantitative estimate of drug-likeness (QED) is 0.849. The predicted molar refractivity (Wildman–Crippen MR) is 93.5 cm³/mol. The SMILES string of the molecule is COc1ccc(C(=O)N2CCCN(CC3CCC(C)O3)CC2)cc1. The van der Waals surface area contributed by atoms with Gasteiger partial charge in [0.25, 0.3) is 5.91 Å². The first-order valence-corrected chi connectivity index (χ1v) is 8.97. The van der Waals surface area contributed by atoms with Crippen molar-refractivity contribution in [1.29, 1.82) is 0 Å². The van der Waals surface area contributed by atoms with Crippen LogP contribution in [0.3, 0.4) is 0 Å². The summed E-state index contributed by atoms with van der Waals surface area (Å²) in [7, 11) is 1.63. The Morgan fingerprint density at radius 3 is 2.62 bits per heavy atom. The summed E-state index contributed by atoms with van der Waals surface area (Å²) >= 11 is 0. The first-order chi connectivity index (χ1) is 11.7. The summed E-state index contributed by atoms with van der Waals surface area (Å²) in [5.41, 5.74) is 0.734. The molecule has 2 unspecified atom stereocenters. The Morgan fingerprint density at radius 2 is 1.96 bits per heavy atom. The fourth-order valence-electron chi connectivity index (χ4n) is 3.58. The highest BCUT2D eigenvalue weighted by molar-refractivity contribution is 5.94. The smallest absolute Gasteiger partial charge is 0.253 e. The molecule has 1 aromatic carbocycles. The van der Waals surface area contributed by atoms with Gasteiger partial charge >= 0.3 is 0 Å². The van der Waals surface area contributed by atoms with Gasteiger partial charge in [-0.25, -0.2) is 0 Å². The molecule has 2 aliphatic rings. The maximum absolute atomic E-state index is 12.7. The van der Waals surface area contributed by atoms with Gasteiger partial charge in [-0.3, -0.25) is 9.69 Å². The van der Waals surface area contributed by atoms with Crippen molar-refractivity contribution < 1.29 is 14.3 Å². The third-order valence-electron chi connectivity index (χ3n) is 4.99. The number of rotatable bonds is 4. The Labute approximate surface area is 144 Å². The van der Waals surface area contributed by atoms with Gasteiger partial charge in [0.05, 0.1) is 19.3 Å². The molecule has 3 rings (SSSR count). The molecule has 2 fully saturated rings. The molecule has 132 valence electrons. The standard InChI is InChI=1S/C19H28N2O3/c1-15-4-7-18(24-15)14-20-10-3-11-21(13-12-20)19(22)16-5-8-17(23-2)9-6-16/h5-6,8-9,15,18H,3-4,7,10-14H2,1-2H3. The number of benzene rings is 1. The first kappa shape index (κ1) is 17.2. The van der Waals surface area contributed by atoms with E-state index in [1.165, 1.54) is 6.42 Å². The Hall–Kier alpha value is -1.59. The summed E-state index contributed by atoms with van der Waals surface area (Å²) in [5, 5.41) is 0. The third-order valence-corrected chi connectivity index (χ3v) is 4.99. The minimum absolute atomic E-state index is 0.116. The number of hydrogen-bond donors (Lipinski definition) is 0. The summed E-state index contributed by atoms with van der Waals surface area (Å²) in [6.07, 6.45) is 4.11.